The minimum absolute atomic E-state index is 0.0348. The van der Waals surface area contributed by atoms with Crippen LogP contribution in [-0.4, -0.2) is 40.4 Å². The van der Waals surface area contributed by atoms with Gasteiger partial charge in [0, 0.05) is 24.4 Å². The molecule has 2 aliphatic heterocycles. The monoisotopic (exact) mass is 451 g/mol. The molecule has 0 spiro atoms. The van der Waals surface area contributed by atoms with Gasteiger partial charge in [0.15, 0.2) is 23.0 Å². The van der Waals surface area contributed by atoms with Gasteiger partial charge in [-0.1, -0.05) is 36.4 Å². The molecule has 2 bridgehead atoms. The summed E-state index contributed by atoms with van der Waals surface area (Å²) in [5, 5.41) is 12.2. The zero-order valence-corrected chi connectivity index (χ0v) is 17.3. The molecule has 1 atom stereocenters. The zero-order valence-electron chi connectivity index (χ0n) is 17.3. The van der Waals surface area contributed by atoms with Crippen LogP contribution < -0.4 is 15.2 Å². The Hall–Kier alpha value is -4.14. The van der Waals surface area contributed by atoms with Crippen molar-refractivity contribution in [1.82, 2.24) is 9.58 Å². The number of ether oxygens (including phenoxy) is 1. The largest absolute Gasteiger partial charge is 0.502 e. The van der Waals surface area contributed by atoms with Gasteiger partial charge in [0.05, 0.1) is 0 Å². The van der Waals surface area contributed by atoms with Crippen LogP contribution in [0, 0.1) is 11.6 Å². The second kappa shape index (κ2) is 8.09. The molecule has 0 radical (unpaired) electrons. The van der Waals surface area contributed by atoms with Crippen molar-refractivity contribution < 1.29 is 23.4 Å². The van der Waals surface area contributed by atoms with E-state index in [2.05, 4.69) is 0 Å². The summed E-state index contributed by atoms with van der Waals surface area (Å²) < 4.78 is 36.1. The number of carbonyl (C=O) groups excluding carboxylic acids is 1. The summed E-state index contributed by atoms with van der Waals surface area (Å²) in [5.41, 5.74) is 0.143. The molecular formula is C24H19F2N3O4. The lowest BCUT2D eigenvalue weighted by Gasteiger charge is -2.43. The molecule has 2 aromatic carbocycles. The van der Waals surface area contributed by atoms with E-state index in [9.17, 15) is 23.5 Å². The first-order valence-electron chi connectivity index (χ1n) is 10.3. The Labute approximate surface area is 187 Å². The highest BCUT2D eigenvalue weighted by atomic mass is 19.2. The van der Waals surface area contributed by atoms with Crippen LogP contribution in [0.2, 0.25) is 0 Å². The van der Waals surface area contributed by atoms with Gasteiger partial charge in [0.25, 0.3) is 5.91 Å². The number of carbonyl (C=O) groups is 1. The number of aromatic hydroxyl groups is 1. The third-order valence-electron chi connectivity index (χ3n) is 5.74. The Morgan fingerprint density at radius 3 is 2.58 bits per heavy atom. The average molecular weight is 451 g/mol. The van der Waals surface area contributed by atoms with Crippen LogP contribution in [0.4, 0.5) is 8.78 Å². The Bertz CT molecular complexity index is 1320. The second-order valence-electron chi connectivity index (χ2n) is 7.71. The Morgan fingerprint density at radius 2 is 1.79 bits per heavy atom. The van der Waals surface area contributed by atoms with Crippen molar-refractivity contribution in [3.8, 4) is 11.5 Å². The summed E-state index contributed by atoms with van der Waals surface area (Å²) in [6.07, 6.45) is 4.64. The summed E-state index contributed by atoms with van der Waals surface area (Å²) in [6.45, 7) is 0.180. The maximum Gasteiger partial charge on any atom is 0.278 e. The average Bonchev–Trinajstić information content (AvgIpc) is 2.85. The maximum absolute atomic E-state index is 14.9. The summed E-state index contributed by atoms with van der Waals surface area (Å²) in [6, 6.07) is 11.9. The smallest absolute Gasteiger partial charge is 0.278 e. The quantitative estimate of drug-likeness (QED) is 0.576. The molecule has 1 N–H and O–H groups in total. The molecule has 168 valence electrons. The van der Waals surface area contributed by atoms with Crippen LogP contribution in [-0.2, 0) is 0 Å². The summed E-state index contributed by atoms with van der Waals surface area (Å²) in [5.74, 6) is -3.61. The Balaban J connectivity index is 1.83. The van der Waals surface area contributed by atoms with Gasteiger partial charge < -0.3 is 14.7 Å². The molecule has 0 saturated carbocycles. The van der Waals surface area contributed by atoms with Gasteiger partial charge in [0.2, 0.25) is 11.2 Å². The van der Waals surface area contributed by atoms with Crippen molar-refractivity contribution in [3.63, 3.8) is 0 Å². The fourth-order valence-electron chi connectivity index (χ4n) is 4.19. The van der Waals surface area contributed by atoms with Gasteiger partial charge in [-0.3, -0.25) is 19.3 Å². The molecule has 3 heterocycles. The number of pyridine rings is 1. The van der Waals surface area contributed by atoms with Gasteiger partial charge in [-0.2, -0.15) is 4.39 Å². The molecule has 1 amide bonds. The van der Waals surface area contributed by atoms with Crippen LogP contribution in [0.3, 0.4) is 0 Å². The molecule has 0 aliphatic carbocycles. The van der Waals surface area contributed by atoms with E-state index in [4.69, 9.17) is 4.74 Å². The lowest BCUT2D eigenvalue weighted by Crippen LogP contribution is -2.55. The molecule has 33 heavy (non-hydrogen) atoms. The van der Waals surface area contributed by atoms with Gasteiger partial charge in [-0.15, -0.1) is 0 Å². The van der Waals surface area contributed by atoms with Gasteiger partial charge in [-0.25, -0.2) is 4.39 Å². The topological polar surface area (TPSA) is 75.0 Å². The minimum atomic E-state index is -1.12. The summed E-state index contributed by atoms with van der Waals surface area (Å²) in [4.78, 5) is 26.7. The Morgan fingerprint density at radius 1 is 1.00 bits per heavy atom. The highest BCUT2D eigenvalue weighted by Gasteiger charge is 2.38. The number of hydrogen-bond acceptors (Lipinski definition) is 5. The highest BCUT2D eigenvalue weighted by molar-refractivity contribution is 5.96. The van der Waals surface area contributed by atoms with Crippen molar-refractivity contribution in [3.05, 3.63) is 106 Å². The van der Waals surface area contributed by atoms with E-state index in [1.54, 1.807) is 29.3 Å². The first-order chi connectivity index (χ1) is 16.0. The van der Waals surface area contributed by atoms with Gasteiger partial charge in [0.1, 0.15) is 19.3 Å². The number of fused-ring (bicyclic) bond motifs is 5. The zero-order chi connectivity index (χ0) is 23.1. The number of aromatic nitrogens is 1. The maximum atomic E-state index is 14.9. The van der Waals surface area contributed by atoms with E-state index in [1.807, 2.05) is 18.2 Å². The number of benzene rings is 2. The first-order valence-corrected chi connectivity index (χ1v) is 10.3. The van der Waals surface area contributed by atoms with Crippen molar-refractivity contribution >= 4 is 5.91 Å². The van der Waals surface area contributed by atoms with Gasteiger partial charge >= 0.3 is 0 Å². The second-order valence-corrected chi connectivity index (χ2v) is 7.71. The fourth-order valence-corrected chi connectivity index (χ4v) is 4.19. The molecule has 2 aliphatic rings. The number of amides is 1. The molecule has 0 fully saturated rings. The SMILES string of the molecule is O=C1c2c(O)c(=O)ccn2N2CN1C/C=C/COc1c(ccc(F)c1F)C2c1ccccc1. The standard InChI is InChI=1S/C24H19F2N3O4/c25-17-9-8-16-20(15-6-2-1-3-7-15)29-14-27(11-4-5-13-33-23(16)19(17)26)24(32)21-22(31)18(30)10-12-28(21)29/h1-10,12,20,31H,11,13-14H2/b5-4+. The van der Waals surface area contributed by atoms with Gasteiger partial charge in [-0.05, 0) is 23.8 Å². The van der Waals surface area contributed by atoms with E-state index >= 15 is 0 Å². The van der Waals surface area contributed by atoms with E-state index in [1.165, 1.54) is 21.8 Å². The number of nitrogens with zero attached hydrogens (tertiary/aromatic N) is 3. The van der Waals surface area contributed by atoms with E-state index in [-0.39, 0.29) is 31.3 Å². The predicted octanol–water partition coefficient (Wildman–Crippen LogP) is 2.92. The van der Waals surface area contributed by atoms with Crippen LogP contribution >= 0.6 is 0 Å². The number of hydrogen-bond donors (Lipinski definition) is 1. The lowest BCUT2D eigenvalue weighted by molar-refractivity contribution is 0.0701. The molecule has 9 heteroatoms. The Kier molecular flexibility index (Phi) is 5.08. The van der Waals surface area contributed by atoms with Crippen molar-refractivity contribution in [1.29, 1.82) is 0 Å². The molecule has 7 nitrogen and oxygen atoms in total. The fraction of sp³-hybridized carbons (Fsp3) is 0.167. The van der Waals surface area contributed by atoms with E-state index in [0.29, 0.717) is 11.1 Å². The molecule has 1 unspecified atom stereocenters. The highest BCUT2D eigenvalue weighted by Crippen LogP contribution is 2.38. The molecule has 3 aromatic rings. The predicted molar refractivity (Wildman–Crippen MR) is 116 cm³/mol. The third-order valence-corrected chi connectivity index (χ3v) is 5.74. The normalized spacial score (nSPS) is 18.6. The molecule has 5 rings (SSSR count). The van der Waals surface area contributed by atoms with Crippen LogP contribution in [0.25, 0.3) is 0 Å². The summed E-state index contributed by atoms with van der Waals surface area (Å²) in [7, 11) is 0. The summed E-state index contributed by atoms with van der Waals surface area (Å²) >= 11 is 0. The van der Waals surface area contributed by atoms with Crippen molar-refractivity contribution in [2.45, 2.75) is 6.04 Å². The van der Waals surface area contributed by atoms with Crippen LogP contribution in [0.1, 0.15) is 27.7 Å². The van der Waals surface area contributed by atoms with Crippen molar-refractivity contribution in [2.24, 2.45) is 0 Å². The van der Waals surface area contributed by atoms with Crippen LogP contribution in [0.15, 0.2) is 71.7 Å². The van der Waals surface area contributed by atoms with E-state index in [0.717, 1.165) is 12.1 Å². The number of halogens is 2. The molecular weight excluding hydrogens is 432 g/mol. The lowest BCUT2D eigenvalue weighted by atomic mass is 9.96. The van der Waals surface area contributed by atoms with Crippen molar-refractivity contribution in [2.75, 3.05) is 24.8 Å². The van der Waals surface area contributed by atoms with E-state index < -0.39 is 34.8 Å². The molecule has 0 saturated heterocycles. The molecule has 1 aromatic heterocycles. The first kappa shape index (κ1) is 20.7. The van der Waals surface area contributed by atoms with Crippen LogP contribution in [0.5, 0.6) is 11.5 Å². The number of rotatable bonds is 1. The minimum Gasteiger partial charge on any atom is -0.502 e. The third kappa shape index (κ3) is 3.42.